The van der Waals surface area contributed by atoms with Gasteiger partial charge >= 0.3 is 0 Å². The molecule has 0 amide bonds. The fourth-order valence-electron chi connectivity index (χ4n) is 13.8. The first-order valence-corrected chi connectivity index (χ1v) is 27.1. The number of aromatic nitrogens is 2. The molecule has 0 aliphatic rings. The fourth-order valence-corrected chi connectivity index (χ4v) is 13.8. The minimum Gasteiger partial charge on any atom is -0.307 e. The van der Waals surface area contributed by atoms with Crippen molar-refractivity contribution >= 4 is 43.6 Å². The van der Waals surface area contributed by atoms with E-state index < -0.39 is 0 Å². The minimum atomic E-state index is 0.636. The van der Waals surface area contributed by atoms with Crippen LogP contribution >= 0.6 is 0 Å². The van der Waals surface area contributed by atoms with Gasteiger partial charge in [0.2, 0.25) is 0 Å². The van der Waals surface area contributed by atoms with Gasteiger partial charge in [0.25, 0.3) is 0 Å². The highest BCUT2D eigenvalue weighted by Gasteiger charge is 2.25. The number of rotatable bonds is 7. The average Bonchev–Trinajstić information content (AvgIpc) is 3.90. The van der Waals surface area contributed by atoms with E-state index in [-0.39, 0.29) is 0 Å². The standard InChI is InChI=1S/C74H65N3/c1-41-25-46(6)71(47(7)26-41)56-17-21-60-61-22-18-57(72-48(8)27-42(2)28-49(72)9)36-66(61)76(65(60)35-56)69-33-45(5)64(55-16-14-15-54(34-55)40-75)39-70(69)77-67-37-58(73-50(10)29-43(3)30-51(73)11)19-23-62(67)63-24-20-59(38-68(63)77)74-52(12)31-44(4)32-53(74)13/h14-39H,1-13H3. The lowest BCUT2D eigenvalue weighted by Crippen LogP contribution is -2.06. The van der Waals surface area contributed by atoms with E-state index in [1.807, 2.05) is 18.2 Å². The van der Waals surface area contributed by atoms with Crippen molar-refractivity contribution in [2.75, 3.05) is 0 Å². The van der Waals surface area contributed by atoms with Gasteiger partial charge in [0.1, 0.15) is 0 Å². The Labute approximate surface area is 454 Å². The monoisotopic (exact) mass is 996 g/mol. The summed E-state index contributed by atoms with van der Waals surface area (Å²) < 4.78 is 5.14. The van der Waals surface area contributed by atoms with E-state index >= 15 is 0 Å². The number of nitrogens with zero attached hydrogens (tertiary/aromatic N) is 3. The van der Waals surface area contributed by atoms with Crippen LogP contribution in [0, 0.1) is 101 Å². The lowest BCUT2D eigenvalue weighted by molar-refractivity contribution is 1.09. The topological polar surface area (TPSA) is 33.6 Å². The molecule has 3 nitrogen and oxygen atoms in total. The summed E-state index contributed by atoms with van der Waals surface area (Å²) >= 11 is 0. The quantitative estimate of drug-likeness (QED) is 0.157. The van der Waals surface area contributed by atoms with E-state index in [9.17, 15) is 5.26 Å². The van der Waals surface area contributed by atoms with Gasteiger partial charge in [0, 0.05) is 21.5 Å². The Bertz CT molecular complexity index is 4220. The van der Waals surface area contributed by atoms with E-state index in [2.05, 4.69) is 245 Å². The molecule has 0 fully saturated rings. The molecule has 2 aromatic heterocycles. The Morgan fingerprint density at radius 3 is 0.883 bits per heavy atom. The first kappa shape index (κ1) is 49.2. The highest BCUT2D eigenvalue weighted by molar-refractivity contribution is 6.14. The van der Waals surface area contributed by atoms with Crippen molar-refractivity contribution in [2.45, 2.75) is 90.0 Å². The van der Waals surface area contributed by atoms with Crippen LogP contribution in [0.5, 0.6) is 0 Å². The molecule has 0 bridgehead atoms. The van der Waals surface area contributed by atoms with Gasteiger partial charge in [-0.2, -0.15) is 5.26 Å². The van der Waals surface area contributed by atoms with Crippen LogP contribution in [-0.2, 0) is 0 Å². The summed E-state index contributed by atoms with van der Waals surface area (Å²) in [6.07, 6.45) is 0. The Morgan fingerprint density at radius 1 is 0.286 bits per heavy atom. The largest absolute Gasteiger partial charge is 0.307 e. The summed E-state index contributed by atoms with van der Waals surface area (Å²) in [7, 11) is 0. The third-order valence-electron chi connectivity index (χ3n) is 16.5. The molecule has 77 heavy (non-hydrogen) atoms. The summed E-state index contributed by atoms with van der Waals surface area (Å²) in [6.45, 7) is 29.0. The predicted molar refractivity (Wildman–Crippen MR) is 329 cm³/mol. The Hall–Kier alpha value is -8.71. The maximum atomic E-state index is 10.3. The number of benzene rings is 10. The molecule has 0 spiro atoms. The third kappa shape index (κ3) is 8.18. The van der Waals surface area contributed by atoms with Gasteiger partial charge in [-0.05, 0) is 244 Å². The van der Waals surface area contributed by atoms with Crippen LogP contribution in [-0.4, -0.2) is 9.13 Å². The van der Waals surface area contributed by atoms with Crippen molar-refractivity contribution in [2.24, 2.45) is 0 Å². The normalized spacial score (nSPS) is 11.7. The van der Waals surface area contributed by atoms with Crippen molar-refractivity contribution < 1.29 is 0 Å². The van der Waals surface area contributed by atoms with Gasteiger partial charge in [-0.3, -0.25) is 0 Å². The van der Waals surface area contributed by atoms with Gasteiger partial charge in [-0.25, -0.2) is 0 Å². The number of fused-ring (bicyclic) bond motifs is 6. The zero-order chi connectivity index (χ0) is 53.9. The van der Waals surface area contributed by atoms with E-state index in [0.717, 1.165) is 50.1 Å². The molecule has 2 heterocycles. The van der Waals surface area contributed by atoms with E-state index in [1.165, 1.54) is 133 Å². The van der Waals surface area contributed by atoms with Crippen LogP contribution in [0.25, 0.3) is 111 Å². The van der Waals surface area contributed by atoms with Gasteiger partial charge in [0.05, 0.1) is 45.1 Å². The molecule has 0 atom stereocenters. The highest BCUT2D eigenvalue weighted by Crippen LogP contribution is 2.46. The van der Waals surface area contributed by atoms with Crippen molar-refractivity contribution in [3.8, 4) is 73.1 Å². The van der Waals surface area contributed by atoms with Crippen LogP contribution in [0.1, 0.15) is 77.9 Å². The van der Waals surface area contributed by atoms with Crippen molar-refractivity contribution in [3.05, 3.63) is 236 Å². The van der Waals surface area contributed by atoms with Crippen molar-refractivity contribution in [3.63, 3.8) is 0 Å². The molecule has 3 heteroatoms. The zero-order valence-electron chi connectivity index (χ0n) is 46.9. The zero-order valence-corrected chi connectivity index (χ0v) is 46.9. The smallest absolute Gasteiger partial charge is 0.0991 e. The summed E-state index contributed by atoms with van der Waals surface area (Å²) in [5, 5.41) is 15.1. The highest BCUT2D eigenvalue weighted by atomic mass is 15.1. The number of aryl methyl sites for hydroxylation is 13. The van der Waals surface area contributed by atoms with Gasteiger partial charge < -0.3 is 9.13 Å². The second-order valence-electron chi connectivity index (χ2n) is 22.5. The summed E-state index contributed by atoms with van der Waals surface area (Å²) in [6, 6.07) is 62.4. The average molecular weight is 996 g/mol. The number of nitriles is 1. The third-order valence-corrected chi connectivity index (χ3v) is 16.5. The number of hydrogen-bond donors (Lipinski definition) is 0. The van der Waals surface area contributed by atoms with E-state index in [4.69, 9.17) is 0 Å². The molecule has 0 N–H and O–H groups in total. The number of hydrogen-bond acceptors (Lipinski definition) is 1. The van der Waals surface area contributed by atoms with Gasteiger partial charge in [0.15, 0.2) is 0 Å². The summed E-state index contributed by atoms with van der Waals surface area (Å²) in [4.78, 5) is 0. The van der Waals surface area contributed by atoms with Crippen LogP contribution in [0.15, 0.2) is 158 Å². The van der Waals surface area contributed by atoms with Crippen LogP contribution < -0.4 is 0 Å². The maximum absolute atomic E-state index is 10.3. The first-order chi connectivity index (χ1) is 37.0. The Morgan fingerprint density at radius 2 is 0.584 bits per heavy atom. The summed E-state index contributed by atoms with van der Waals surface area (Å²) in [5.41, 5.74) is 35.6. The molecule has 0 saturated heterocycles. The van der Waals surface area contributed by atoms with Crippen molar-refractivity contribution in [1.29, 1.82) is 5.26 Å². The Kier molecular flexibility index (Phi) is 11.8. The minimum absolute atomic E-state index is 0.636. The predicted octanol–water partition coefficient (Wildman–Crippen LogP) is 20.1. The first-order valence-electron chi connectivity index (χ1n) is 27.1. The van der Waals surface area contributed by atoms with Gasteiger partial charge in [-0.1, -0.05) is 131 Å². The van der Waals surface area contributed by atoms with Gasteiger partial charge in [-0.15, -0.1) is 0 Å². The molecule has 0 radical (unpaired) electrons. The molecule has 0 aliphatic carbocycles. The van der Waals surface area contributed by atoms with Crippen LogP contribution in [0.3, 0.4) is 0 Å². The van der Waals surface area contributed by atoms with Crippen molar-refractivity contribution in [1.82, 2.24) is 9.13 Å². The lowest BCUT2D eigenvalue weighted by atomic mass is 9.92. The molecule has 0 aliphatic heterocycles. The SMILES string of the molecule is Cc1cc(C)c(-c2ccc3c4ccc(-c5c(C)cc(C)cc5C)cc4n(-c4cc(C)c(-c5cccc(C#N)c5)cc4-n4c5cc(-c6c(C)cc(C)cc6C)ccc5c5ccc(-c6c(C)cc(C)cc6C)cc54)c3c2)c(C)c1. The van der Waals surface area contributed by atoms with Crippen LogP contribution in [0.2, 0.25) is 0 Å². The molecule has 0 saturated carbocycles. The molecule has 12 rings (SSSR count). The van der Waals surface area contributed by atoms with E-state index in [1.54, 1.807) is 0 Å². The second kappa shape index (κ2) is 18.5. The second-order valence-corrected chi connectivity index (χ2v) is 22.5. The molecule has 12 aromatic rings. The molecular weight excluding hydrogens is 931 g/mol. The molecule has 376 valence electrons. The van der Waals surface area contributed by atoms with E-state index in [0.29, 0.717) is 5.56 Å². The molecule has 10 aromatic carbocycles. The van der Waals surface area contributed by atoms with Crippen LogP contribution in [0.4, 0.5) is 0 Å². The maximum Gasteiger partial charge on any atom is 0.0991 e. The Balaban J connectivity index is 1.27. The lowest BCUT2D eigenvalue weighted by Gasteiger charge is -2.21. The molecule has 0 unspecified atom stereocenters. The summed E-state index contributed by atoms with van der Waals surface area (Å²) in [5.74, 6) is 0. The molecular formula is C74H65N3. The fraction of sp³-hybridized carbons (Fsp3) is 0.176.